The Kier molecular flexibility index (Phi) is 7.51. The SMILES string of the molecule is CCCCN(CC)C/C=C(\C)N=c1n(C)c2cccnc2n1-c1ccc(C)cc1Cl. The van der Waals surface area contributed by atoms with E-state index < -0.39 is 0 Å². The van der Waals surface area contributed by atoms with Crippen LogP contribution in [0, 0.1) is 6.92 Å². The smallest absolute Gasteiger partial charge is 0.216 e. The van der Waals surface area contributed by atoms with Crippen LogP contribution in [0.15, 0.2) is 53.3 Å². The molecule has 0 aliphatic carbocycles. The van der Waals surface area contributed by atoms with Crippen molar-refractivity contribution in [3.63, 3.8) is 0 Å². The Bertz CT molecular complexity index is 1110. The lowest BCUT2D eigenvalue weighted by atomic mass is 10.2. The number of hydrogen-bond acceptors (Lipinski definition) is 3. The summed E-state index contributed by atoms with van der Waals surface area (Å²) < 4.78 is 4.12. The van der Waals surface area contributed by atoms with Crippen LogP contribution in [0.2, 0.25) is 5.02 Å². The number of aromatic nitrogens is 3. The fourth-order valence-corrected chi connectivity index (χ4v) is 3.86. The van der Waals surface area contributed by atoms with Gasteiger partial charge in [0.25, 0.3) is 0 Å². The minimum atomic E-state index is 0.688. The summed E-state index contributed by atoms with van der Waals surface area (Å²) in [4.78, 5) is 12.1. The van der Waals surface area contributed by atoms with Crippen LogP contribution in [0.1, 0.15) is 39.2 Å². The molecule has 0 saturated heterocycles. The maximum absolute atomic E-state index is 6.63. The van der Waals surface area contributed by atoms with Gasteiger partial charge in [-0.25, -0.2) is 9.98 Å². The fourth-order valence-electron chi connectivity index (χ4n) is 3.54. The summed E-state index contributed by atoms with van der Waals surface area (Å²) in [5.41, 5.74) is 5.65. The maximum Gasteiger partial charge on any atom is 0.216 e. The van der Waals surface area contributed by atoms with Gasteiger partial charge in [-0.15, -0.1) is 0 Å². The number of unbranched alkanes of at least 4 members (excludes halogenated alkanes) is 1. The van der Waals surface area contributed by atoms with Crippen LogP contribution in [0.5, 0.6) is 0 Å². The Hall–Kier alpha value is -2.37. The third kappa shape index (κ3) is 4.85. The third-order valence-electron chi connectivity index (χ3n) is 5.38. The molecule has 0 atom stereocenters. The van der Waals surface area contributed by atoms with Crippen LogP contribution >= 0.6 is 11.6 Å². The van der Waals surface area contributed by atoms with E-state index in [-0.39, 0.29) is 0 Å². The Labute approximate surface area is 184 Å². The number of allylic oxidation sites excluding steroid dienone is 1. The van der Waals surface area contributed by atoms with Crippen LogP contribution in [-0.4, -0.2) is 38.7 Å². The summed E-state index contributed by atoms with van der Waals surface area (Å²) in [6.07, 6.45) is 6.44. The molecule has 0 aliphatic heterocycles. The summed E-state index contributed by atoms with van der Waals surface area (Å²) in [6, 6.07) is 10.1. The van der Waals surface area contributed by atoms with Gasteiger partial charge in [0.2, 0.25) is 5.62 Å². The van der Waals surface area contributed by atoms with Crippen LogP contribution in [0.25, 0.3) is 16.9 Å². The minimum absolute atomic E-state index is 0.688. The molecule has 3 rings (SSSR count). The summed E-state index contributed by atoms with van der Waals surface area (Å²) in [5, 5.41) is 0.688. The van der Waals surface area contributed by atoms with Crippen molar-refractivity contribution in [2.24, 2.45) is 12.0 Å². The van der Waals surface area contributed by atoms with E-state index in [1.165, 1.54) is 12.8 Å². The quantitative estimate of drug-likeness (QED) is 0.494. The molecular weight excluding hydrogens is 394 g/mol. The second-order valence-corrected chi connectivity index (χ2v) is 8.11. The summed E-state index contributed by atoms with van der Waals surface area (Å²) >= 11 is 6.63. The molecule has 6 heteroatoms. The first-order valence-corrected chi connectivity index (χ1v) is 11.1. The van der Waals surface area contributed by atoms with Gasteiger partial charge in [0.1, 0.15) is 0 Å². The van der Waals surface area contributed by atoms with Gasteiger partial charge in [0.15, 0.2) is 5.65 Å². The van der Waals surface area contributed by atoms with Crippen molar-refractivity contribution in [1.82, 2.24) is 19.0 Å². The molecule has 2 heterocycles. The van der Waals surface area contributed by atoms with E-state index in [2.05, 4.69) is 53.4 Å². The van der Waals surface area contributed by atoms with Crippen LogP contribution in [0.4, 0.5) is 0 Å². The van der Waals surface area contributed by atoms with Crippen molar-refractivity contribution < 1.29 is 0 Å². The summed E-state index contributed by atoms with van der Waals surface area (Å²) in [6.45, 7) is 11.6. The predicted molar refractivity (Wildman–Crippen MR) is 126 cm³/mol. The van der Waals surface area contributed by atoms with Gasteiger partial charge in [-0.05, 0) is 69.3 Å². The Morgan fingerprint density at radius 1 is 1.27 bits per heavy atom. The number of pyridine rings is 1. The lowest BCUT2D eigenvalue weighted by Crippen LogP contribution is -2.25. The van der Waals surface area contributed by atoms with Gasteiger partial charge in [0.05, 0.1) is 16.2 Å². The van der Waals surface area contributed by atoms with Crippen LogP contribution in [0.3, 0.4) is 0 Å². The monoisotopic (exact) mass is 425 g/mol. The van der Waals surface area contributed by atoms with Gasteiger partial charge in [-0.3, -0.25) is 9.47 Å². The number of halogens is 1. The highest BCUT2D eigenvalue weighted by atomic mass is 35.5. The van der Waals surface area contributed by atoms with Crippen molar-refractivity contribution in [2.45, 2.75) is 40.5 Å². The molecule has 5 nitrogen and oxygen atoms in total. The molecule has 3 aromatic rings. The lowest BCUT2D eigenvalue weighted by Gasteiger charge is -2.17. The zero-order valence-electron chi connectivity index (χ0n) is 18.7. The molecule has 0 unspecified atom stereocenters. The highest BCUT2D eigenvalue weighted by molar-refractivity contribution is 6.32. The predicted octanol–water partition coefficient (Wildman–Crippen LogP) is 5.25. The first-order chi connectivity index (χ1) is 14.5. The first-order valence-electron chi connectivity index (χ1n) is 10.7. The average molecular weight is 426 g/mol. The van der Waals surface area contributed by atoms with Crippen molar-refractivity contribution in [1.29, 1.82) is 0 Å². The van der Waals surface area contributed by atoms with E-state index in [4.69, 9.17) is 16.6 Å². The van der Waals surface area contributed by atoms with Gasteiger partial charge in [0, 0.05) is 25.5 Å². The van der Waals surface area contributed by atoms with E-state index in [0.717, 1.165) is 53.4 Å². The molecule has 0 bridgehead atoms. The molecule has 0 amide bonds. The Balaban J connectivity index is 2.11. The standard InChI is InChI=1S/C24H32ClN5/c1-6-8-15-29(7-2)16-13-19(4)27-24-28(5)22-10-9-14-26-23(22)30(24)21-12-11-18(3)17-20(21)25/h9-14,17H,6-8,15-16H2,1-5H3/b19-13+,27-24?. The lowest BCUT2D eigenvalue weighted by molar-refractivity contribution is 0.313. The highest BCUT2D eigenvalue weighted by Gasteiger charge is 2.14. The van der Waals surface area contributed by atoms with E-state index in [0.29, 0.717) is 5.02 Å². The number of benzene rings is 1. The van der Waals surface area contributed by atoms with E-state index >= 15 is 0 Å². The molecule has 30 heavy (non-hydrogen) atoms. The highest BCUT2D eigenvalue weighted by Crippen LogP contribution is 2.23. The molecule has 0 N–H and O–H groups in total. The zero-order valence-corrected chi connectivity index (χ0v) is 19.4. The third-order valence-corrected chi connectivity index (χ3v) is 5.68. The van der Waals surface area contributed by atoms with Gasteiger partial charge >= 0.3 is 0 Å². The molecule has 0 fully saturated rings. The van der Waals surface area contributed by atoms with Crippen LogP contribution in [-0.2, 0) is 7.05 Å². The first kappa shape index (κ1) is 22.3. The molecule has 0 radical (unpaired) electrons. The molecule has 160 valence electrons. The largest absolute Gasteiger partial charge is 0.311 e. The number of imidazole rings is 1. The van der Waals surface area contributed by atoms with Crippen molar-refractivity contribution in [3.8, 4) is 5.69 Å². The van der Waals surface area contributed by atoms with Crippen molar-refractivity contribution >= 4 is 22.8 Å². The minimum Gasteiger partial charge on any atom is -0.311 e. The van der Waals surface area contributed by atoms with E-state index in [1.807, 2.05) is 36.7 Å². The van der Waals surface area contributed by atoms with Crippen molar-refractivity contribution in [2.75, 3.05) is 19.6 Å². The van der Waals surface area contributed by atoms with Gasteiger partial charge in [-0.1, -0.05) is 37.9 Å². The average Bonchev–Trinajstić information content (AvgIpc) is 3.00. The zero-order chi connectivity index (χ0) is 21.7. The topological polar surface area (TPSA) is 38.4 Å². The molecule has 2 aromatic heterocycles. The number of fused-ring (bicyclic) bond motifs is 1. The van der Waals surface area contributed by atoms with Crippen LogP contribution < -0.4 is 5.62 Å². The van der Waals surface area contributed by atoms with Crippen molar-refractivity contribution in [3.05, 3.63) is 64.5 Å². The number of likely N-dealkylation sites (N-methyl/N-ethyl adjacent to an activating group) is 1. The fraction of sp³-hybridized carbons (Fsp3) is 0.417. The summed E-state index contributed by atoms with van der Waals surface area (Å²) in [7, 11) is 2.02. The summed E-state index contributed by atoms with van der Waals surface area (Å²) in [5.74, 6) is 0. The molecular formula is C24H32ClN5. The van der Waals surface area contributed by atoms with E-state index in [1.54, 1.807) is 6.20 Å². The van der Waals surface area contributed by atoms with Gasteiger partial charge in [-0.2, -0.15) is 0 Å². The number of nitrogens with zero attached hydrogens (tertiary/aromatic N) is 5. The molecule has 0 aliphatic rings. The second-order valence-electron chi connectivity index (χ2n) is 7.70. The molecule has 0 saturated carbocycles. The Morgan fingerprint density at radius 2 is 2.07 bits per heavy atom. The second kappa shape index (κ2) is 10.1. The normalized spacial score (nSPS) is 13.0. The van der Waals surface area contributed by atoms with Gasteiger partial charge < -0.3 is 4.57 Å². The Morgan fingerprint density at radius 3 is 2.77 bits per heavy atom. The maximum atomic E-state index is 6.63. The number of aryl methyl sites for hydroxylation is 2. The molecule has 0 spiro atoms. The van der Waals surface area contributed by atoms with E-state index in [9.17, 15) is 0 Å². The number of hydrogen-bond donors (Lipinski definition) is 0. The number of rotatable bonds is 8. The molecule has 1 aromatic carbocycles.